The highest BCUT2D eigenvalue weighted by Gasteiger charge is 2.45. The number of amides is 1. The lowest BCUT2D eigenvalue weighted by atomic mass is 9.80. The fraction of sp³-hybridized carbons (Fsp3) is 0.481. The van der Waals surface area contributed by atoms with E-state index < -0.39 is 40.5 Å². The van der Waals surface area contributed by atoms with Crippen LogP contribution in [-0.4, -0.2) is 34.8 Å². The zero-order valence-electron chi connectivity index (χ0n) is 21.2. The van der Waals surface area contributed by atoms with Crippen molar-refractivity contribution in [1.29, 1.82) is 0 Å². The normalized spacial score (nSPS) is 16.2. The number of rotatable bonds is 8. The number of carbonyl (C=O) groups is 2. The van der Waals surface area contributed by atoms with Crippen LogP contribution in [0.15, 0.2) is 42.5 Å². The second kappa shape index (κ2) is 11.0. The third-order valence-electron chi connectivity index (χ3n) is 6.19. The minimum Gasteiger partial charge on any atom is -0.482 e. The Bertz CT molecular complexity index is 1120. The summed E-state index contributed by atoms with van der Waals surface area (Å²) in [4.78, 5) is 25.3. The van der Waals surface area contributed by atoms with E-state index in [1.165, 1.54) is 6.07 Å². The van der Waals surface area contributed by atoms with Gasteiger partial charge in [0.1, 0.15) is 17.0 Å². The molecule has 37 heavy (non-hydrogen) atoms. The van der Waals surface area contributed by atoms with E-state index >= 15 is 0 Å². The quantitative estimate of drug-likeness (QED) is 0.328. The molecule has 0 radical (unpaired) electrons. The molecule has 7 nitrogen and oxygen atoms in total. The number of nitrogens with one attached hydrogen (secondary N) is 1. The number of aliphatic hydroxyl groups is 1. The van der Waals surface area contributed by atoms with Gasteiger partial charge in [-0.1, -0.05) is 25.0 Å². The average Bonchev–Trinajstić information content (AvgIpc) is 3.33. The molecule has 3 rings (SSSR count). The van der Waals surface area contributed by atoms with Crippen LogP contribution in [0.25, 0.3) is 0 Å². The third-order valence-corrected chi connectivity index (χ3v) is 6.19. The van der Waals surface area contributed by atoms with Crippen molar-refractivity contribution in [2.45, 2.75) is 70.3 Å². The maximum atomic E-state index is 13.3. The van der Waals surface area contributed by atoms with Crippen molar-refractivity contribution < 1.29 is 37.3 Å². The summed E-state index contributed by atoms with van der Waals surface area (Å²) in [7, 11) is 0. The Morgan fingerprint density at radius 2 is 1.76 bits per heavy atom. The van der Waals surface area contributed by atoms with Gasteiger partial charge >= 0.3 is 12.1 Å². The number of hydrogen-bond donors (Lipinski definition) is 3. The molecule has 0 saturated heterocycles. The van der Waals surface area contributed by atoms with Crippen molar-refractivity contribution in [2.24, 2.45) is 5.92 Å². The molecule has 1 unspecified atom stereocenters. The number of ether oxygens (including phenoxy) is 2. The second-order valence-electron chi connectivity index (χ2n) is 10.4. The molecule has 1 fully saturated rings. The Balaban J connectivity index is 1.79. The molecule has 0 heterocycles. The number of halogens is 3. The predicted octanol–water partition coefficient (Wildman–Crippen LogP) is 5.11. The van der Waals surface area contributed by atoms with Crippen molar-refractivity contribution in [3.63, 3.8) is 0 Å². The summed E-state index contributed by atoms with van der Waals surface area (Å²) in [6.45, 7) is 4.92. The van der Waals surface area contributed by atoms with Crippen LogP contribution in [0.4, 0.5) is 24.5 Å². The molecule has 1 saturated carbocycles. The Morgan fingerprint density at radius 3 is 2.38 bits per heavy atom. The minimum atomic E-state index is -4.69. The van der Waals surface area contributed by atoms with Crippen molar-refractivity contribution in [3.8, 4) is 5.75 Å². The second-order valence-corrected chi connectivity index (χ2v) is 10.4. The van der Waals surface area contributed by atoms with Crippen LogP contribution < -0.4 is 15.8 Å². The van der Waals surface area contributed by atoms with Crippen LogP contribution >= 0.6 is 0 Å². The van der Waals surface area contributed by atoms with Gasteiger partial charge < -0.3 is 25.6 Å². The van der Waals surface area contributed by atoms with Crippen LogP contribution in [0.2, 0.25) is 0 Å². The van der Waals surface area contributed by atoms with Crippen LogP contribution in [-0.2, 0) is 26.9 Å². The van der Waals surface area contributed by atoms with E-state index in [-0.39, 0.29) is 24.6 Å². The Morgan fingerprint density at radius 1 is 1.08 bits per heavy atom. The van der Waals surface area contributed by atoms with Crippen molar-refractivity contribution >= 4 is 23.3 Å². The van der Waals surface area contributed by atoms with E-state index in [1.54, 1.807) is 45.0 Å². The van der Waals surface area contributed by atoms with Crippen LogP contribution in [0.5, 0.6) is 5.75 Å². The summed E-state index contributed by atoms with van der Waals surface area (Å²) in [6, 6.07) is 9.72. The van der Waals surface area contributed by atoms with Gasteiger partial charge in [-0.3, -0.25) is 4.79 Å². The summed E-state index contributed by atoms with van der Waals surface area (Å²) < 4.78 is 50.6. The molecule has 0 aliphatic heterocycles. The van der Waals surface area contributed by atoms with Gasteiger partial charge in [-0.2, -0.15) is 13.2 Å². The molecule has 1 aliphatic carbocycles. The van der Waals surface area contributed by atoms with Crippen LogP contribution in [0.3, 0.4) is 0 Å². The maximum absolute atomic E-state index is 13.3. The van der Waals surface area contributed by atoms with Crippen molar-refractivity contribution in [3.05, 3.63) is 53.6 Å². The lowest BCUT2D eigenvalue weighted by Crippen LogP contribution is -2.50. The summed E-state index contributed by atoms with van der Waals surface area (Å²) in [5, 5.41) is 14.1. The lowest BCUT2D eigenvalue weighted by Gasteiger charge is -2.33. The first-order valence-corrected chi connectivity index (χ1v) is 12.1. The Labute approximate surface area is 214 Å². The number of alkyl halides is 3. The van der Waals surface area contributed by atoms with Gasteiger partial charge in [-0.05, 0) is 75.4 Å². The molecule has 202 valence electrons. The number of hydrogen-bond acceptors (Lipinski definition) is 6. The standard InChI is InChI=1S/C27H33F3N2O5/c1-25(2,3)37-23(33)16-36-20-10-6-7-17(13-20)15-26(35,18-8-4-5-9-18)24(34)32-19-11-12-22(31)21(14-19)27(28,29)30/h6-7,10-14,18,35H,4-5,8-9,15-16,31H2,1-3H3,(H,32,34). The largest absolute Gasteiger partial charge is 0.482 e. The molecule has 1 aliphatic rings. The predicted molar refractivity (Wildman–Crippen MR) is 133 cm³/mol. The summed E-state index contributed by atoms with van der Waals surface area (Å²) in [5.74, 6) is -1.36. The van der Waals surface area contributed by atoms with Crippen molar-refractivity contribution in [2.75, 3.05) is 17.7 Å². The zero-order valence-corrected chi connectivity index (χ0v) is 21.2. The molecule has 4 N–H and O–H groups in total. The first-order valence-electron chi connectivity index (χ1n) is 12.1. The number of carbonyl (C=O) groups excluding carboxylic acids is 2. The van der Waals surface area contributed by atoms with Crippen LogP contribution in [0.1, 0.15) is 57.6 Å². The Kier molecular flexibility index (Phi) is 8.42. The van der Waals surface area contributed by atoms with Crippen LogP contribution in [0, 0.1) is 5.92 Å². The highest BCUT2D eigenvalue weighted by molar-refractivity contribution is 5.98. The fourth-order valence-corrected chi connectivity index (χ4v) is 4.50. The zero-order chi connectivity index (χ0) is 27.4. The summed E-state index contributed by atoms with van der Waals surface area (Å²) >= 11 is 0. The average molecular weight is 523 g/mol. The van der Waals surface area contributed by atoms with Gasteiger partial charge in [-0.25, -0.2) is 4.79 Å². The fourth-order valence-electron chi connectivity index (χ4n) is 4.50. The molecule has 0 bridgehead atoms. The van der Waals surface area contributed by atoms with E-state index in [0.717, 1.165) is 25.0 Å². The van der Waals surface area contributed by atoms with E-state index in [9.17, 15) is 27.9 Å². The van der Waals surface area contributed by atoms with E-state index in [4.69, 9.17) is 15.2 Å². The first kappa shape index (κ1) is 28.3. The number of benzene rings is 2. The number of nitrogen functional groups attached to an aromatic ring is 1. The van der Waals surface area contributed by atoms with Gasteiger partial charge in [0, 0.05) is 17.8 Å². The van der Waals surface area contributed by atoms with Gasteiger partial charge in [0.25, 0.3) is 5.91 Å². The Hall–Kier alpha value is -3.27. The molecule has 2 aromatic rings. The smallest absolute Gasteiger partial charge is 0.418 e. The maximum Gasteiger partial charge on any atom is 0.418 e. The summed E-state index contributed by atoms with van der Waals surface area (Å²) in [6.07, 6.45) is -1.90. The molecule has 2 aromatic carbocycles. The minimum absolute atomic E-state index is 0.0890. The monoisotopic (exact) mass is 522 g/mol. The molecular weight excluding hydrogens is 489 g/mol. The van der Waals surface area contributed by atoms with Gasteiger partial charge in [-0.15, -0.1) is 0 Å². The van der Waals surface area contributed by atoms with E-state index in [2.05, 4.69) is 5.32 Å². The van der Waals surface area contributed by atoms with Gasteiger partial charge in [0.05, 0.1) is 5.56 Å². The lowest BCUT2D eigenvalue weighted by molar-refractivity contribution is -0.157. The van der Waals surface area contributed by atoms with E-state index in [0.29, 0.717) is 24.2 Å². The van der Waals surface area contributed by atoms with E-state index in [1.807, 2.05) is 0 Å². The topological polar surface area (TPSA) is 111 Å². The number of esters is 1. The highest BCUT2D eigenvalue weighted by atomic mass is 19.4. The molecule has 10 heteroatoms. The molecule has 0 spiro atoms. The summed E-state index contributed by atoms with van der Waals surface area (Å²) in [5.41, 5.74) is 1.86. The number of nitrogens with two attached hydrogens (primary N) is 1. The molecule has 1 amide bonds. The third kappa shape index (κ3) is 7.61. The number of anilines is 2. The molecular formula is C27H33F3N2O5. The van der Waals surface area contributed by atoms with Gasteiger partial charge in [0.2, 0.25) is 0 Å². The molecule has 1 atom stereocenters. The SMILES string of the molecule is CC(C)(C)OC(=O)COc1cccc(CC(O)(C(=O)Nc2ccc(N)c(C(F)(F)F)c2)C2CCCC2)c1. The molecule has 0 aromatic heterocycles. The van der Waals surface area contributed by atoms with Crippen molar-refractivity contribution in [1.82, 2.24) is 0 Å². The first-order chi connectivity index (χ1) is 17.2. The van der Waals surface area contributed by atoms with Gasteiger partial charge in [0.15, 0.2) is 6.61 Å². The highest BCUT2D eigenvalue weighted by Crippen LogP contribution is 2.39.